The van der Waals surface area contributed by atoms with Crippen molar-refractivity contribution in [2.24, 2.45) is 4.99 Å². The van der Waals surface area contributed by atoms with Crippen molar-refractivity contribution in [2.75, 3.05) is 14.1 Å². The second-order valence-corrected chi connectivity index (χ2v) is 5.47. The maximum Gasteiger partial charge on any atom is 0.226 e. The van der Waals surface area contributed by atoms with Gasteiger partial charge < -0.3 is 4.90 Å². The first-order chi connectivity index (χ1) is 11.6. The molecule has 0 amide bonds. The quantitative estimate of drug-likeness (QED) is 0.534. The molecular weight excluding hydrogens is 306 g/mol. The average molecular weight is 321 g/mol. The van der Waals surface area contributed by atoms with Gasteiger partial charge in [-0.05, 0) is 29.4 Å². The van der Waals surface area contributed by atoms with Crippen molar-refractivity contribution in [3.8, 4) is 6.07 Å². The first-order valence-electron chi connectivity index (χ1n) is 7.27. The zero-order valence-corrected chi connectivity index (χ0v) is 13.6. The number of pyridine rings is 2. The van der Waals surface area contributed by atoms with Crippen molar-refractivity contribution in [3.05, 3.63) is 40.8 Å². The van der Waals surface area contributed by atoms with Gasteiger partial charge in [-0.1, -0.05) is 6.07 Å². The van der Waals surface area contributed by atoms with Crippen LogP contribution in [0.5, 0.6) is 0 Å². The number of aryl methyl sites for hydroxylation is 1. The number of hydrogen-bond donors (Lipinski definition) is 0. The molecule has 3 rings (SSSR count). The van der Waals surface area contributed by atoms with E-state index in [-0.39, 0.29) is 0 Å². The van der Waals surface area contributed by atoms with E-state index in [9.17, 15) is 0 Å². The zero-order valence-electron chi connectivity index (χ0n) is 13.6. The van der Waals surface area contributed by atoms with E-state index in [0.29, 0.717) is 29.0 Å². The highest BCUT2D eigenvalue weighted by Crippen LogP contribution is 2.30. The van der Waals surface area contributed by atoms with E-state index < -0.39 is 0 Å². The Morgan fingerprint density at radius 1 is 1.29 bits per heavy atom. The highest BCUT2D eigenvalue weighted by atomic mass is 16.6. The van der Waals surface area contributed by atoms with Gasteiger partial charge in [-0.25, -0.2) is 19.6 Å². The van der Waals surface area contributed by atoms with Crippen LogP contribution in [0.3, 0.4) is 0 Å². The van der Waals surface area contributed by atoms with Gasteiger partial charge in [0.05, 0.1) is 6.34 Å². The van der Waals surface area contributed by atoms with Gasteiger partial charge in [0.25, 0.3) is 0 Å². The molecule has 8 nitrogen and oxygen atoms in total. The highest BCUT2D eigenvalue weighted by Gasteiger charge is 2.17. The van der Waals surface area contributed by atoms with E-state index >= 15 is 0 Å². The molecule has 0 radical (unpaired) electrons. The molecule has 0 spiro atoms. The number of rotatable bonds is 4. The topological polar surface area (TPSA) is 104 Å². The largest absolute Gasteiger partial charge is 0.369 e. The van der Waals surface area contributed by atoms with Crippen molar-refractivity contribution in [1.29, 1.82) is 5.26 Å². The first kappa shape index (κ1) is 15.6. The van der Waals surface area contributed by atoms with Gasteiger partial charge >= 0.3 is 0 Å². The maximum absolute atomic E-state index is 9.01. The minimum absolute atomic E-state index is 0.376. The Kier molecular flexibility index (Phi) is 4.16. The molecule has 0 N–H and O–H groups in total. The molecular formula is C16H15N7O. The molecule has 0 aliphatic rings. The molecule has 0 bridgehead atoms. The van der Waals surface area contributed by atoms with Crippen LogP contribution in [0.1, 0.15) is 22.6 Å². The summed E-state index contributed by atoms with van der Waals surface area (Å²) in [6, 6.07) is 7.39. The smallest absolute Gasteiger partial charge is 0.226 e. The summed E-state index contributed by atoms with van der Waals surface area (Å²) in [6.45, 7) is 1.88. The number of hydrogen-bond acceptors (Lipinski definition) is 7. The van der Waals surface area contributed by atoms with Gasteiger partial charge in [-0.3, -0.25) is 0 Å². The van der Waals surface area contributed by atoms with Gasteiger partial charge in [0.1, 0.15) is 17.5 Å². The van der Waals surface area contributed by atoms with Crippen LogP contribution in [0.15, 0.2) is 27.8 Å². The third kappa shape index (κ3) is 3.05. The summed E-state index contributed by atoms with van der Waals surface area (Å²) in [5, 5.41) is 16.7. The Morgan fingerprint density at radius 3 is 2.88 bits per heavy atom. The molecule has 3 aromatic heterocycles. The van der Waals surface area contributed by atoms with Crippen molar-refractivity contribution in [1.82, 2.24) is 25.2 Å². The van der Waals surface area contributed by atoms with E-state index in [1.807, 2.05) is 44.1 Å². The van der Waals surface area contributed by atoms with Gasteiger partial charge in [-0.2, -0.15) is 5.26 Å². The Bertz CT molecular complexity index is 953. The molecule has 3 aromatic rings. The van der Waals surface area contributed by atoms with Gasteiger partial charge in [0.15, 0.2) is 5.52 Å². The van der Waals surface area contributed by atoms with Crippen LogP contribution in [0.4, 0.5) is 5.69 Å². The lowest BCUT2D eigenvalue weighted by Crippen LogP contribution is -2.08. The SMILES string of the molecule is Cc1nc2nonc2c(N=CN(C)C)c1Cc1cccc(C#N)n1. The monoisotopic (exact) mass is 321 g/mol. The Morgan fingerprint density at radius 2 is 2.12 bits per heavy atom. The summed E-state index contributed by atoms with van der Waals surface area (Å²) in [7, 11) is 3.76. The summed E-state index contributed by atoms with van der Waals surface area (Å²) in [4.78, 5) is 15.1. The molecule has 3 heterocycles. The van der Waals surface area contributed by atoms with Crippen molar-refractivity contribution in [2.45, 2.75) is 13.3 Å². The van der Waals surface area contributed by atoms with Gasteiger partial charge in [-0.15, -0.1) is 0 Å². The summed E-state index contributed by atoms with van der Waals surface area (Å²) in [5.74, 6) is 0. The van der Waals surface area contributed by atoms with E-state index in [4.69, 9.17) is 9.89 Å². The third-order valence-electron chi connectivity index (χ3n) is 3.39. The molecule has 120 valence electrons. The molecule has 0 aliphatic carbocycles. The molecule has 0 atom stereocenters. The molecule has 0 unspecified atom stereocenters. The number of nitrogens with zero attached hydrogens (tertiary/aromatic N) is 7. The van der Waals surface area contributed by atoms with Crippen molar-refractivity contribution in [3.63, 3.8) is 0 Å². The fraction of sp³-hybridized carbons (Fsp3) is 0.250. The zero-order chi connectivity index (χ0) is 17.1. The summed E-state index contributed by atoms with van der Waals surface area (Å²) in [5.41, 5.74) is 4.35. The predicted octanol–water partition coefficient (Wildman–Crippen LogP) is 2.01. The summed E-state index contributed by atoms with van der Waals surface area (Å²) in [6.07, 6.45) is 2.17. The van der Waals surface area contributed by atoms with Crippen molar-refractivity contribution >= 4 is 23.2 Å². The lowest BCUT2D eigenvalue weighted by molar-refractivity contribution is 0.315. The molecule has 0 saturated carbocycles. The van der Waals surface area contributed by atoms with Crippen LogP contribution in [-0.2, 0) is 6.42 Å². The lowest BCUT2D eigenvalue weighted by atomic mass is 10.0. The Balaban J connectivity index is 2.13. The second-order valence-electron chi connectivity index (χ2n) is 5.47. The maximum atomic E-state index is 9.01. The Labute approximate surface area is 138 Å². The predicted molar refractivity (Wildman–Crippen MR) is 87.9 cm³/mol. The number of aromatic nitrogens is 4. The number of nitriles is 1. The van der Waals surface area contributed by atoms with E-state index in [1.165, 1.54) is 0 Å². The first-order valence-corrected chi connectivity index (χ1v) is 7.27. The molecule has 0 aliphatic heterocycles. The van der Waals surface area contributed by atoms with Crippen LogP contribution < -0.4 is 0 Å². The molecule has 24 heavy (non-hydrogen) atoms. The minimum Gasteiger partial charge on any atom is -0.369 e. The van der Waals surface area contributed by atoms with Crippen LogP contribution in [0.2, 0.25) is 0 Å². The lowest BCUT2D eigenvalue weighted by Gasteiger charge is -2.10. The van der Waals surface area contributed by atoms with E-state index in [0.717, 1.165) is 17.0 Å². The highest BCUT2D eigenvalue weighted by molar-refractivity contribution is 5.87. The van der Waals surface area contributed by atoms with Crippen LogP contribution in [-0.4, -0.2) is 45.6 Å². The average Bonchev–Trinajstić information content (AvgIpc) is 3.02. The van der Waals surface area contributed by atoms with Crippen LogP contribution in [0, 0.1) is 18.3 Å². The number of fused-ring (bicyclic) bond motifs is 1. The minimum atomic E-state index is 0.376. The van der Waals surface area contributed by atoms with Crippen LogP contribution in [0.25, 0.3) is 11.2 Å². The standard InChI is InChI=1S/C16H15N7O/c1-10-13(7-11-5-4-6-12(8-17)20-11)14(18-9-23(2)3)15-16(19-10)22-24-21-15/h4-6,9H,7H2,1-3H3. The fourth-order valence-corrected chi connectivity index (χ4v) is 2.29. The third-order valence-corrected chi connectivity index (χ3v) is 3.39. The number of aliphatic imine (C=N–C) groups is 1. The fourth-order valence-electron chi connectivity index (χ4n) is 2.29. The normalized spacial score (nSPS) is 11.1. The Hall–Kier alpha value is -3.34. The molecule has 8 heteroatoms. The summed E-state index contributed by atoms with van der Waals surface area (Å²) >= 11 is 0. The van der Waals surface area contributed by atoms with Gasteiger partial charge in [0.2, 0.25) is 5.65 Å². The van der Waals surface area contributed by atoms with E-state index in [1.54, 1.807) is 12.4 Å². The summed E-state index contributed by atoms with van der Waals surface area (Å²) < 4.78 is 4.80. The molecule has 0 saturated heterocycles. The van der Waals surface area contributed by atoms with Crippen molar-refractivity contribution < 1.29 is 4.63 Å². The van der Waals surface area contributed by atoms with E-state index in [2.05, 4.69) is 25.3 Å². The molecule has 0 fully saturated rings. The second kappa shape index (κ2) is 6.42. The van der Waals surface area contributed by atoms with Gasteiger partial charge in [0, 0.05) is 37.5 Å². The molecule has 0 aromatic carbocycles. The van der Waals surface area contributed by atoms with Crippen LogP contribution >= 0.6 is 0 Å².